The van der Waals surface area contributed by atoms with E-state index in [9.17, 15) is 4.79 Å². The van der Waals surface area contributed by atoms with E-state index < -0.39 is 5.60 Å². The Balaban J connectivity index is 1.80. The van der Waals surface area contributed by atoms with Crippen molar-refractivity contribution in [1.29, 1.82) is 0 Å². The van der Waals surface area contributed by atoms with Gasteiger partial charge in [-0.3, -0.25) is 0 Å². The largest absolute Gasteiger partial charge is 0.444 e. The van der Waals surface area contributed by atoms with E-state index in [1.807, 2.05) is 20.8 Å². The highest BCUT2D eigenvalue weighted by molar-refractivity contribution is 5.67. The molecule has 134 valence electrons. The highest BCUT2D eigenvalue weighted by Gasteiger charge is 2.34. The zero-order chi connectivity index (χ0) is 16.8. The van der Waals surface area contributed by atoms with Crippen molar-refractivity contribution < 1.29 is 9.53 Å². The third-order valence-electron chi connectivity index (χ3n) is 5.27. The maximum atomic E-state index is 11.9. The summed E-state index contributed by atoms with van der Waals surface area (Å²) in [7, 11) is 0. The second-order valence-corrected chi connectivity index (χ2v) is 8.58. The normalized spacial score (nSPS) is 22.6. The smallest absolute Gasteiger partial charge is 0.407 e. The van der Waals surface area contributed by atoms with Crippen LogP contribution in [0.3, 0.4) is 0 Å². The van der Waals surface area contributed by atoms with Crippen molar-refractivity contribution in [3.05, 3.63) is 0 Å². The topological polar surface area (TPSA) is 50.4 Å². The Kier molecular flexibility index (Phi) is 6.75. The predicted octanol–water partition coefficient (Wildman–Crippen LogP) is 4.38. The number of nitrogens with one attached hydrogen (secondary N) is 2. The number of hydrogen-bond acceptors (Lipinski definition) is 3. The second kappa shape index (κ2) is 8.36. The standard InChI is InChI=1S/C19H36N2O2/c1-18(2,3)23-17(22)20-15-19(12-8-9-13-19)21-14-16-10-6-4-5-7-11-16/h16,21H,4-15H2,1-3H3,(H,20,22). The first-order chi connectivity index (χ1) is 10.9. The van der Waals surface area contributed by atoms with E-state index in [0.717, 1.165) is 25.3 Å². The molecule has 2 fully saturated rings. The van der Waals surface area contributed by atoms with Crippen molar-refractivity contribution in [2.24, 2.45) is 5.92 Å². The van der Waals surface area contributed by atoms with Gasteiger partial charge in [0.1, 0.15) is 5.60 Å². The molecule has 23 heavy (non-hydrogen) atoms. The molecule has 0 bridgehead atoms. The molecule has 0 spiro atoms. The van der Waals surface area contributed by atoms with Crippen LogP contribution in [0.2, 0.25) is 0 Å². The molecule has 0 aromatic carbocycles. The summed E-state index contributed by atoms with van der Waals surface area (Å²) >= 11 is 0. The minimum Gasteiger partial charge on any atom is -0.444 e. The van der Waals surface area contributed by atoms with Gasteiger partial charge in [0.05, 0.1) is 0 Å². The van der Waals surface area contributed by atoms with Gasteiger partial charge in [-0.1, -0.05) is 38.5 Å². The molecule has 0 unspecified atom stereocenters. The van der Waals surface area contributed by atoms with E-state index in [2.05, 4.69) is 10.6 Å². The molecule has 4 heteroatoms. The third-order valence-corrected chi connectivity index (χ3v) is 5.27. The van der Waals surface area contributed by atoms with Crippen LogP contribution in [0, 0.1) is 5.92 Å². The third kappa shape index (κ3) is 6.70. The molecule has 0 aromatic heterocycles. The fraction of sp³-hybridized carbons (Fsp3) is 0.947. The van der Waals surface area contributed by atoms with Crippen molar-refractivity contribution in [2.45, 2.75) is 96.1 Å². The molecule has 2 aliphatic rings. The summed E-state index contributed by atoms with van der Waals surface area (Å²) in [5.74, 6) is 0.816. The summed E-state index contributed by atoms with van der Waals surface area (Å²) in [5, 5.41) is 6.84. The summed E-state index contributed by atoms with van der Waals surface area (Å²) in [4.78, 5) is 11.9. The maximum absolute atomic E-state index is 11.9. The lowest BCUT2D eigenvalue weighted by atomic mass is 9.94. The minimum atomic E-state index is -0.430. The Bertz CT molecular complexity index is 362. The lowest BCUT2D eigenvalue weighted by Crippen LogP contribution is -2.53. The van der Waals surface area contributed by atoms with Crippen LogP contribution < -0.4 is 10.6 Å². The van der Waals surface area contributed by atoms with E-state index >= 15 is 0 Å². The zero-order valence-electron chi connectivity index (χ0n) is 15.4. The first-order valence-corrected chi connectivity index (χ1v) is 9.60. The van der Waals surface area contributed by atoms with Crippen LogP contribution in [-0.4, -0.2) is 30.3 Å². The summed E-state index contributed by atoms with van der Waals surface area (Å²) in [6.45, 7) is 7.51. The Morgan fingerprint density at radius 2 is 1.65 bits per heavy atom. The van der Waals surface area contributed by atoms with Crippen molar-refractivity contribution in [2.75, 3.05) is 13.1 Å². The fourth-order valence-electron chi connectivity index (χ4n) is 3.95. The van der Waals surface area contributed by atoms with E-state index in [1.165, 1.54) is 51.4 Å². The van der Waals surface area contributed by atoms with Gasteiger partial charge in [0, 0.05) is 12.1 Å². The van der Waals surface area contributed by atoms with Gasteiger partial charge in [-0.2, -0.15) is 0 Å². The van der Waals surface area contributed by atoms with Crippen LogP contribution in [0.4, 0.5) is 4.79 Å². The Morgan fingerprint density at radius 1 is 1.04 bits per heavy atom. The van der Waals surface area contributed by atoms with Gasteiger partial charge < -0.3 is 15.4 Å². The van der Waals surface area contributed by atoms with Crippen molar-refractivity contribution in [3.8, 4) is 0 Å². The van der Waals surface area contributed by atoms with Crippen LogP contribution in [-0.2, 0) is 4.74 Å². The van der Waals surface area contributed by atoms with Crippen molar-refractivity contribution in [1.82, 2.24) is 10.6 Å². The highest BCUT2D eigenvalue weighted by Crippen LogP contribution is 2.30. The van der Waals surface area contributed by atoms with Crippen molar-refractivity contribution >= 4 is 6.09 Å². The molecule has 0 aromatic rings. The van der Waals surface area contributed by atoms with Gasteiger partial charge in [-0.25, -0.2) is 4.79 Å². The monoisotopic (exact) mass is 324 g/mol. The van der Waals surface area contributed by atoms with Crippen LogP contribution in [0.25, 0.3) is 0 Å². The van der Waals surface area contributed by atoms with Crippen LogP contribution >= 0.6 is 0 Å². The lowest BCUT2D eigenvalue weighted by Gasteiger charge is -2.33. The van der Waals surface area contributed by atoms with Crippen LogP contribution in [0.15, 0.2) is 0 Å². The number of ether oxygens (including phenoxy) is 1. The van der Waals surface area contributed by atoms with Gasteiger partial charge in [-0.15, -0.1) is 0 Å². The fourth-order valence-corrected chi connectivity index (χ4v) is 3.95. The number of hydrogen-bond donors (Lipinski definition) is 2. The van der Waals surface area contributed by atoms with Crippen LogP contribution in [0.1, 0.15) is 85.0 Å². The number of alkyl carbamates (subject to hydrolysis) is 1. The summed E-state index contributed by atoms with van der Waals surface area (Å²) in [6, 6.07) is 0. The Hall–Kier alpha value is -0.770. The van der Waals surface area contributed by atoms with Gasteiger partial charge in [-0.05, 0) is 58.9 Å². The minimum absolute atomic E-state index is 0.0865. The maximum Gasteiger partial charge on any atom is 0.407 e. The summed E-state index contributed by atoms with van der Waals surface area (Å²) < 4.78 is 5.38. The first kappa shape index (κ1) is 18.6. The van der Waals surface area contributed by atoms with Gasteiger partial charge in [0.15, 0.2) is 0 Å². The molecule has 0 atom stereocenters. The zero-order valence-corrected chi connectivity index (χ0v) is 15.4. The predicted molar refractivity (Wildman–Crippen MR) is 94.6 cm³/mol. The van der Waals surface area contributed by atoms with E-state index in [4.69, 9.17) is 4.74 Å². The molecular formula is C19H36N2O2. The SMILES string of the molecule is CC(C)(C)OC(=O)NCC1(NCC2CCCCCC2)CCCC1. The Morgan fingerprint density at radius 3 is 2.22 bits per heavy atom. The molecule has 2 N–H and O–H groups in total. The van der Waals surface area contributed by atoms with Crippen LogP contribution in [0.5, 0.6) is 0 Å². The summed E-state index contributed by atoms with van der Waals surface area (Å²) in [5.41, 5.74) is -0.343. The average Bonchev–Trinajstić information content (AvgIpc) is 2.77. The lowest BCUT2D eigenvalue weighted by molar-refractivity contribution is 0.0509. The number of carbonyl (C=O) groups is 1. The molecule has 1 amide bonds. The molecule has 0 radical (unpaired) electrons. The number of carbonyl (C=O) groups excluding carboxylic acids is 1. The molecule has 0 heterocycles. The average molecular weight is 325 g/mol. The molecule has 2 aliphatic carbocycles. The molecule has 2 saturated carbocycles. The second-order valence-electron chi connectivity index (χ2n) is 8.58. The Labute approximate surface area is 142 Å². The van der Waals surface area contributed by atoms with Gasteiger partial charge in [0.25, 0.3) is 0 Å². The summed E-state index contributed by atoms with van der Waals surface area (Å²) in [6.07, 6.45) is 12.9. The van der Waals surface area contributed by atoms with E-state index in [1.54, 1.807) is 0 Å². The van der Waals surface area contributed by atoms with Gasteiger partial charge >= 0.3 is 6.09 Å². The molecule has 4 nitrogen and oxygen atoms in total. The first-order valence-electron chi connectivity index (χ1n) is 9.60. The molecule has 0 saturated heterocycles. The van der Waals surface area contributed by atoms with Crippen molar-refractivity contribution in [3.63, 3.8) is 0 Å². The number of rotatable bonds is 5. The van der Waals surface area contributed by atoms with E-state index in [0.29, 0.717) is 6.54 Å². The molecular weight excluding hydrogens is 288 g/mol. The molecule has 2 rings (SSSR count). The quantitative estimate of drug-likeness (QED) is 0.738. The number of amides is 1. The molecule has 0 aliphatic heterocycles. The highest BCUT2D eigenvalue weighted by atomic mass is 16.6. The van der Waals surface area contributed by atoms with E-state index in [-0.39, 0.29) is 11.6 Å². The van der Waals surface area contributed by atoms with Gasteiger partial charge in [0.2, 0.25) is 0 Å².